The summed E-state index contributed by atoms with van der Waals surface area (Å²) >= 11 is 0. The first-order valence-corrected chi connectivity index (χ1v) is 9.24. The fraction of sp³-hybridized carbons (Fsp3) is 0.0870. The van der Waals surface area contributed by atoms with Gasteiger partial charge in [0, 0.05) is 5.69 Å². The molecule has 3 heterocycles. The number of hydrogen-bond donors (Lipinski definition) is 1. The number of para-hydroxylation sites is 1. The van der Waals surface area contributed by atoms with Crippen molar-refractivity contribution in [3.63, 3.8) is 0 Å². The van der Waals surface area contributed by atoms with Crippen molar-refractivity contribution in [2.75, 3.05) is 7.11 Å². The van der Waals surface area contributed by atoms with Crippen LogP contribution < -0.4 is 10.3 Å². The Balaban J connectivity index is 1.80. The minimum absolute atomic E-state index is 0.189. The van der Waals surface area contributed by atoms with Crippen LogP contribution in [0.3, 0.4) is 0 Å². The van der Waals surface area contributed by atoms with Gasteiger partial charge in [-0.15, -0.1) is 6.42 Å². The average molecular weight is 396 g/mol. The highest BCUT2D eigenvalue weighted by atomic mass is 16.5. The van der Waals surface area contributed by atoms with E-state index in [0.717, 1.165) is 5.56 Å². The number of fused-ring (bicyclic) bond motifs is 2. The van der Waals surface area contributed by atoms with Gasteiger partial charge in [0.15, 0.2) is 11.1 Å². The molecule has 2 aromatic carbocycles. The highest BCUT2D eigenvalue weighted by Gasteiger charge is 2.23. The third-order valence-electron chi connectivity index (χ3n) is 4.99. The standard InChI is InChI=1S/C23H16N4O3/c1-4-15-19(14-9-6-5-7-10-14)21-24-13(2)18(23(28)27(21)26-15)22-25-20-16(29-3)11-8-12-17(20)30-22/h1,5-12,24H,2-3H3. The van der Waals surface area contributed by atoms with E-state index in [2.05, 4.69) is 21.0 Å². The number of oxazole rings is 1. The smallest absolute Gasteiger partial charge is 0.287 e. The van der Waals surface area contributed by atoms with E-state index < -0.39 is 0 Å². The molecule has 0 saturated carbocycles. The van der Waals surface area contributed by atoms with Crippen molar-refractivity contribution in [1.29, 1.82) is 0 Å². The van der Waals surface area contributed by atoms with E-state index >= 15 is 0 Å². The molecular formula is C23H16N4O3. The van der Waals surface area contributed by atoms with Crippen molar-refractivity contribution < 1.29 is 9.15 Å². The summed E-state index contributed by atoms with van der Waals surface area (Å²) in [4.78, 5) is 21.1. The second kappa shape index (κ2) is 6.64. The van der Waals surface area contributed by atoms with E-state index in [-0.39, 0.29) is 17.0 Å². The lowest BCUT2D eigenvalue weighted by atomic mass is 10.1. The van der Waals surface area contributed by atoms with Gasteiger partial charge in [-0.05, 0) is 30.5 Å². The zero-order chi connectivity index (χ0) is 20.8. The van der Waals surface area contributed by atoms with E-state index in [1.54, 1.807) is 32.2 Å². The molecule has 5 aromatic rings. The summed E-state index contributed by atoms with van der Waals surface area (Å²) in [6, 6.07) is 14.9. The Labute approximate surface area is 171 Å². The number of H-pyrrole nitrogens is 1. The summed E-state index contributed by atoms with van der Waals surface area (Å²) in [5, 5.41) is 4.36. The molecule has 0 fully saturated rings. The number of benzene rings is 2. The van der Waals surface area contributed by atoms with Crippen LogP contribution >= 0.6 is 0 Å². The number of ether oxygens (including phenoxy) is 1. The van der Waals surface area contributed by atoms with Crippen LogP contribution in [-0.4, -0.2) is 26.7 Å². The van der Waals surface area contributed by atoms with Crippen LogP contribution in [0.1, 0.15) is 11.4 Å². The molecule has 0 saturated heterocycles. The summed E-state index contributed by atoms with van der Waals surface area (Å²) in [6.07, 6.45) is 5.69. The van der Waals surface area contributed by atoms with Gasteiger partial charge >= 0.3 is 0 Å². The highest BCUT2D eigenvalue weighted by molar-refractivity contribution is 5.84. The van der Waals surface area contributed by atoms with Gasteiger partial charge in [0.25, 0.3) is 5.56 Å². The fourth-order valence-corrected chi connectivity index (χ4v) is 3.61. The Morgan fingerprint density at radius 1 is 1.13 bits per heavy atom. The summed E-state index contributed by atoms with van der Waals surface area (Å²) in [6.45, 7) is 1.79. The Kier molecular flexibility index (Phi) is 3.93. The van der Waals surface area contributed by atoms with Crippen molar-refractivity contribution in [3.05, 3.63) is 70.3 Å². The highest BCUT2D eigenvalue weighted by Crippen LogP contribution is 2.31. The topological polar surface area (TPSA) is 85.4 Å². The zero-order valence-electron chi connectivity index (χ0n) is 16.3. The normalized spacial score (nSPS) is 11.1. The van der Waals surface area contributed by atoms with Gasteiger partial charge in [-0.25, -0.2) is 4.98 Å². The summed E-state index contributed by atoms with van der Waals surface area (Å²) in [5.41, 5.74) is 4.05. The molecule has 0 spiro atoms. The maximum Gasteiger partial charge on any atom is 0.287 e. The van der Waals surface area contributed by atoms with Crippen molar-refractivity contribution in [3.8, 4) is 40.7 Å². The third-order valence-corrected chi connectivity index (χ3v) is 4.99. The number of nitrogens with zero attached hydrogens (tertiary/aromatic N) is 3. The Morgan fingerprint density at radius 2 is 1.93 bits per heavy atom. The SMILES string of the molecule is C#Cc1nn2c(=O)c(-c3nc4c(OC)cccc4o3)c(C)[nH]c2c1-c1ccccc1. The predicted octanol–water partition coefficient (Wildman–Crippen LogP) is 3.80. The van der Waals surface area contributed by atoms with Crippen LogP contribution in [0.25, 0.3) is 39.3 Å². The van der Waals surface area contributed by atoms with Crippen molar-refractivity contribution in [2.45, 2.75) is 6.92 Å². The van der Waals surface area contributed by atoms with Crippen molar-refractivity contribution in [1.82, 2.24) is 19.6 Å². The van der Waals surface area contributed by atoms with E-state index in [1.165, 1.54) is 4.52 Å². The molecule has 0 radical (unpaired) electrons. The summed E-state index contributed by atoms with van der Waals surface area (Å²) in [7, 11) is 1.56. The lowest BCUT2D eigenvalue weighted by Crippen LogP contribution is -2.19. The van der Waals surface area contributed by atoms with E-state index in [1.807, 2.05) is 30.3 Å². The number of nitrogens with one attached hydrogen (secondary N) is 1. The average Bonchev–Trinajstić information content (AvgIpc) is 3.35. The van der Waals surface area contributed by atoms with Gasteiger partial charge in [-0.2, -0.15) is 9.61 Å². The maximum absolute atomic E-state index is 13.4. The van der Waals surface area contributed by atoms with Crippen molar-refractivity contribution >= 4 is 16.7 Å². The third kappa shape index (κ3) is 2.51. The Bertz CT molecular complexity index is 1520. The van der Waals surface area contributed by atoms with Gasteiger partial charge in [-0.1, -0.05) is 36.4 Å². The van der Waals surface area contributed by atoms with Crippen LogP contribution in [0.4, 0.5) is 0 Å². The second-order valence-corrected chi connectivity index (χ2v) is 6.75. The number of hydrogen-bond acceptors (Lipinski definition) is 5. The van der Waals surface area contributed by atoms with Gasteiger partial charge in [0.1, 0.15) is 22.7 Å². The molecule has 7 heteroatoms. The second-order valence-electron chi connectivity index (χ2n) is 6.75. The molecular weight excluding hydrogens is 380 g/mol. The number of aryl methyl sites for hydroxylation is 1. The quantitative estimate of drug-likeness (QED) is 0.469. The fourth-order valence-electron chi connectivity index (χ4n) is 3.61. The number of methoxy groups -OCH3 is 1. The number of terminal acetylenes is 1. The first-order chi connectivity index (χ1) is 14.6. The molecule has 0 aliphatic carbocycles. The molecule has 5 rings (SSSR count). The molecule has 1 N–H and O–H groups in total. The van der Waals surface area contributed by atoms with Gasteiger partial charge in [0.05, 0.1) is 12.7 Å². The number of aromatic nitrogens is 4. The predicted molar refractivity (Wildman–Crippen MR) is 113 cm³/mol. The Morgan fingerprint density at radius 3 is 2.67 bits per heavy atom. The zero-order valence-corrected chi connectivity index (χ0v) is 16.3. The first kappa shape index (κ1) is 17.8. The van der Waals surface area contributed by atoms with Crippen LogP contribution in [0.15, 0.2) is 57.7 Å². The van der Waals surface area contributed by atoms with Crippen molar-refractivity contribution in [2.24, 2.45) is 0 Å². The molecule has 30 heavy (non-hydrogen) atoms. The molecule has 0 atom stereocenters. The van der Waals surface area contributed by atoms with E-state index in [0.29, 0.717) is 39.4 Å². The van der Waals surface area contributed by atoms with Crippen LogP contribution in [0.2, 0.25) is 0 Å². The molecule has 0 aliphatic heterocycles. The molecule has 3 aromatic heterocycles. The molecule has 7 nitrogen and oxygen atoms in total. The van der Waals surface area contributed by atoms with Gasteiger partial charge in [-0.3, -0.25) is 4.79 Å². The first-order valence-electron chi connectivity index (χ1n) is 9.24. The largest absolute Gasteiger partial charge is 0.494 e. The molecule has 0 aliphatic rings. The molecule has 0 amide bonds. The van der Waals surface area contributed by atoms with Crippen LogP contribution in [0, 0.1) is 19.3 Å². The Hall–Kier alpha value is -4.31. The maximum atomic E-state index is 13.4. The molecule has 146 valence electrons. The monoisotopic (exact) mass is 396 g/mol. The van der Waals surface area contributed by atoms with Crippen LogP contribution in [-0.2, 0) is 0 Å². The van der Waals surface area contributed by atoms with Gasteiger partial charge < -0.3 is 14.1 Å². The molecule has 0 unspecified atom stereocenters. The van der Waals surface area contributed by atoms with E-state index in [9.17, 15) is 4.79 Å². The van der Waals surface area contributed by atoms with Gasteiger partial charge in [0.2, 0.25) is 5.89 Å². The lowest BCUT2D eigenvalue weighted by molar-refractivity contribution is 0.419. The lowest BCUT2D eigenvalue weighted by Gasteiger charge is -2.05. The van der Waals surface area contributed by atoms with E-state index in [4.69, 9.17) is 15.6 Å². The number of aromatic amines is 1. The van der Waals surface area contributed by atoms with Crippen LogP contribution in [0.5, 0.6) is 5.75 Å². The molecule has 0 bridgehead atoms. The minimum atomic E-state index is -0.370. The minimum Gasteiger partial charge on any atom is -0.494 e. The number of rotatable bonds is 3. The summed E-state index contributed by atoms with van der Waals surface area (Å²) in [5.74, 6) is 3.34. The summed E-state index contributed by atoms with van der Waals surface area (Å²) < 4.78 is 12.5.